The molecular weight excluding hydrogens is 534 g/mol. The van der Waals surface area contributed by atoms with Gasteiger partial charge in [-0.05, 0) is 12.8 Å². The fourth-order valence-electron chi connectivity index (χ4n) is 5.86. The van der Waals surface area contributed by atoms with Gasteiger partial charge in [-0.3, -0.25) is 15.3 Å². The molecule has 0 radical (unpaired) electrons. The molecule has 0 aliphatic carbocycles. The van der Waals surface area contributed by atoms with Crippen LogP contribution in [0.3, 0.4) is 0 Å². The Morgan fingerprint density at radius 3 is 0.791 bits per heavy atom. The Morgan fingerprint density at radius 2 is 0.581 bits per heavy atom. The molecule has 0 amide bonds. The zero-order chi connectivity index (χ0) is 31.7. The molecule has 0 aromatic heterocycles. The Morgan fingerprint density at radius 1 is 0.395 bits per heavy atom. The lowest BCUT2D eigenvalue weighted by molar-refractivity contribution is -0.220. The highest BCUT2D eigenvalue weighted by atomic mass is 16.7. The number of unbranched alkanes of at least 4 members (excludes halogenated alkanes) is 28. The molecule has 0 rings (SSSR count). The highest BCUT2D eigenvalue weighted by Gasteiger charge is 2.27. The number of hydrogen-bond acceptors (Lipinski definition) is 5. The first-order valence-electron chi connectivity index (χ1n) is 19.1. The van der Waals surface area contributed by atoms with E-state index in [0.717, 1.165) is 38.5 Å². The maximum absolute atomic E-state index is 12.2. The molecule has 2 N–H and O–H groups in total. The predicted molar refractivity (Wildman–Crippen MR) is 184 cm³/mol. The minimum atomic E-state index is -1.68. The maximum atomic E-state index is 12.2. The molecule has 0 aromatic carbocycles. The molecule has 43 heavy (non-hydrogen) atoms. The second-order valence-corrected chi connectivity index (χ2v) is 13.4. The standard InChI is InChI=1S/C38H75NO4/c1-4-6-8-10-12-14-16-18-20-22-24-26-28-30-32-34-36(40)42-38(3,39)43-37(41)35-33-31-29-27-25-23-21-19-17-15-13-11-9-7-5-2/h4-35,39H2,1-3H3. The third-order valence-corrected chi connectivity index (χ3v) is 8.60. The molecule has 0 saturated carbocycles. The monoisotopic (exact) mass is 610 g/mol. The van der Waals surface area contributed by atoms with Crippen LogP contribution < -0.4 is 5.73 Å². The quantitative estimate of drug-likeness (QED) is 0.0446. The third-order valence-electron chi connectivity index (χ3n) is 8.60. The molecule has 5 heteroatoms. The normalized spacial score (nSPS) is 11.6. The van der Waals surface area contributed by atoms with Gasteiger partial charge >= 0.3 is 17.8 Å². The van der Waals surface area contributed by atoms with Gasteiger partial charge in [-0.1, -0.05) is 194 Å². The summed E-state index contributed by atoms with van der Waals surface area (Å²) in [5, 5.41) is 0. The average Bonchev–Trinajstić information content (AvgIpc) is 2.96. The van der Waals surface area contributed by atoms with Crippen LogP contribution in [0.4, 0.5) is 0 Å². The van der Waals surface area contributed by atoms with Crippen molar-refractivity contribution in [1.82, 2.24) is 0 Å². The number of carbonyl (C=O) groups excluding carboxylic acids is 2. The SMILES string of the molecule is CCCCCCCCCCCCCCCCCC(=O)OC(C)(N)OC(=O)CCCCCCCCCCCCCCCCC. The second-order valence-electron chi connectivity index (χ2n) is 13.4. The van der Waals surface area contributed by atoms with Crippen molar-refractivity contribution in [3.63, 3.8) is 0 Å². The number of hydrogen-bond donors (Lipinski definition) is 1. The molecule has 0 atom stereocenters. The number of rotatable bonds is 34. The van der Waals surface area contributed by atoms with Gasteiger partial charge < -0.3 is 9.47 Å². The first-order chi connectivity index (χ1) is 20.9. The summed E-state index contributed by atoms with van der Waals surface area (Å²) in [7, 11) is 0. The van der Waals surface area contributed by atoms with Crippen molar-refractivity contribution < 1.29 is 19.1 Å². The largest absolute Gasteiger partial charge is 0.409 e. The third kappa shape index (κ3) is 33.6. The highest BCUT2D eigenvalue weighted by molar-refractivity contribution is 5.71. The molecule has 0 aliphatic rings. The van der Waals surface area contributed by atoms with Crippen LogP contribution >= 0.6 is 0 Å². The molecule has 0 aromatic rings. The van der Waals surface area contributed by atoms with Gasteiger partial charge in [0.25, 0.3) is 0 Å². The average molecular weight is 610 g/mol. The minimum Gasteiger partial charge on any atom is -0.409 e. The number of ether oxygens (including phenoxy) is 2. The maximum Gasteiger partial charge on any atom is 0.312 e. The predicted octanol–water partition coefficient (Wildman–Crippen LogP) is 12.2. The van der Waals surface area contributed by atoms with Crippen molar-refractivity contribution in [2.24, 2.45) is 5.73 Å². The molecule has 0 aliphatic heterocycles. The van der Waals surface area contributed by atoms with Crippen LogP contribution in [0.5, 0.6) is 0 Å². The molecule has 0 saturated heterocycles. The molecule has 0 fully saturated rings. The van der Waals surface area contributed by atoms with Crippen molar-refractivity contribution >= 4 is 11.9 Å². The summed E-state index contributed by atoms with van der Waals surface area (Å²) in [4.78, 5) is 24.4. The Bertz CT molecular complexity index is 557. The van der Waals surface area contributed by atoms with Gasteiger partial charge in [0.2, 0.25) is 0 Å². The number of carbonyl (C=O) groups is 2. The zero-order valence-electron chi connectivity index (χ0n) is 29.3. The van der Waals surface area contributed by atoms with Crippen LogP contribution in [-0.2, 0) is 19.1 Å². The van der Waals surface area contributed by atoms with Crippen LogP contribution in [0.2, 0.25) is 0 Å². The first kappa shape index (κ1) is 41.9. The van der Waals surface area contributed by atoms with E-state index in [0.29, 0.717) is 12.8 Å². The molecule has 5 nitrogen and oxygen atoms in total. The van der Waals surface area contributed by atoms with Gasteiger partial charge in [0.1, 0.15) is 0 Å². The number of nitrogens with two attached hydrogens (primary N) is 1. The van der Waals surface area contributed by atoms with E-state index >= 15 is 0 Å². The molecule has 0 bridgehead atoms. The molecule has 256 valence electrons. The van der Waals surface area contributed by atoms with Crippen LogP contribution in [-0.4, -0.2) is 17.8 Å². The van der Waals surface area contributed by atoms with Crippen molar-refractivity contribution in [2.45, 2.75) is 232 Å². The van der Waals surface area contributed by atoms with Crippen molar-refractivity contribution in [3.8, 4) is 0 Å². The van der Waals surface area contributed by atoms with E-state index in [4.69, 9.17) is 15.2 Å². The topological polar surface area (TPSA) is 78.6 Å². The van der Waals surface area contributed by atoms with Crippen molar-refractivity contribution in [2.75, 3.05) is 0 Å². The van der Waals surface area contributed by atoms with Crippen LogP contribution in [0.1, 0.15) is 226 Å². The number of esters is 2. The van der Waals surface area contributed by atoms with Gasteiger partial charge in [0, 0.05) is 19.8 Å². The van der Waals surface area contributed by atoms with E-state index in [2.05, 4.69) is 13.8 Å². The van der Waals surface area contributed by atoms with E-state index in [1.165, 1.54) is 161 Å². The Kier molecular flexibility index (Phi) is 31.5. The summed E-state index contributed by atoms with van der Waals surface area (Å²) in [5.74, 6) is -2.46. The highest BCUT2D eigenvalue weighted by Crippen LogP contribution is 2.17. The van der Waals surface area contributed by atoms with Crippen LogP contribution in [0, 0.1) is 0 Å². The molecule has 0 spiro atoms. The van der Waals surface area contributed by atoms with Gasteiger partial charge in [-0.25, -0.2) is 0 Å². The van der Waals surface area contributed by atoms with Gasteiger partial charge in [0.15, 0.2) is 0 Å². The lowest BCUT2D eigenvalue weighted by atomic mass is 10.0. The van der Waals surface area contributed by atoms with Crippen molar-refractivity contribution in [1.29, 1.82) is 0 Å². The zero-order valence-corrected chi connectivity index (χ0v) is 29.3. The molecular formula is C38H75NO4. The van der Waals surface area contributed by atoms with Gasteiger partial charge in [0.05, 0.1) is 0 Å². The lowest BCUT2D eigenvalue weighted by Crippen LogP contribution is -2.45. The summed E-state index contributed by atoms with van der Waals surface area (Å²) in [6, 6.07) is 0. The summed E-state index contributed by atoms with van der Waals surface area (Å²) < 4.78 is 10.5. The summed E-state index contributed by atoms with van der Waals surface area (Å²) in [6.07, 6.45) is 39.2. The Balaban J connectivity index is 3.52. The van der Waals surface area contributed by atoms with E-state index in [9.17, 15) is 9.59 Å². The molecule has 0 heterocycles. The van der Waals surface area contributed by atoms with E-state index in [1.807, 2.05) is 0 Å². The summed E-state index contributed by atoms with van der Waals surface area (Å²) >= 11 is 0. The Hall–Kier alpha value is -1.10. The van der Waals surface area contributed by atoms with Gasteiger partial charge in [-0.15, -0.1) is 0 Å². The van der Waals surface area contributed by atoms with E-state index < -0.39 is 5.91 Å². The Labute approximate surface area is 268 Å². The first-order valence-corrected chi connectivity index (χ1v) is 19.1. The minimum absolute atomic E-state index is 0.321. The lowest BCUT2D eigenvalue weighted by Gasteiger charge is -2.24. The summed E-state index contributed by atoms with van der Waals surface area (Å²) in [6.45, 7) is 5.99. The summed E-state index contributed by atoms with van der Waals surface area (Å²) in [5.41, 5.74) is 5.94. The van der Waals surface area contributed by atoms with E-state index in [1.54, 1.807) is 0 Å². The smallest absolute Gasteiger partial charge is 0.312 e. The molecule has 0 unspecified atom stereocenters. The van der Waals surface area contributed by atoms with E-state index in [-0.39, 0.29) is 11.9 Å². The van der Waals surface area contributed by atoms with Crippen LogP contribution in [0.25, 0.3) is 0 Å². The van der Waals surface area contributed by atoms with Gasteiger partial charge in [-0.2, -0.15) is 0 Å². The van der Waals surface area contributed by atoms with Crippen molar-refractivity contribution in [3.05, 3.63) is 0 Å². The fourth-order valence-corrected chi connectivity index (χ4v) is 5.86. The second kappa shape index (κ2) is 32.3. The van der Waals surface area contributed by atoms with Crippen LogP contribution in [0.15, 0.2) is 0 Å². The fraction of sp³-hybridized carbons (Fsp3) is 0.947.